The van der Waals surface area contributed by atoms with E-state index in [1.165, 1.54) is 0 Å². The van der Waals surface area contributed by atoms with Crippen LogP contribution < -0.4 is 16.0 Å². The van der Waals surface area contributed by atoms with Crippen LogP contribution in [0.4, 0.5) is 11.8 Å². The van der Waals surface area contributed by atoms with E-state index in [0.29, 0.717) is 29.8 Å². The summed E-state index contributed by atoms with van der Waals surface area (Å²) < 4.78 is 2.04. The zero-order valence-corrected chi connectivity index (χ0v) is 20.4. The first-order valence-corrected chi connectivity index (χ1v) is 12.7. The van der Waals surface area contributed by atoms with Crippen LogP contribution in [-0.4, -0.2) is 44.7 Å². The fourth-order valence-electron chi connectivity index (χ4n) is 4.31. The van der Waals surface area contributed by atoms with Crippen molar-refractivity contribution in [3.63, 3.8) is 0 Å². The number of hydrogen-bond acceptors (Lipinski definition) is 6. The molecule has 1 fully saturated rings. The summed E-state index contributed by atoms with van der Waals surface area (Å²) in [6.45, 7) is 4.07. The predicted octanol–water partition coefficient (Wildman–Crippen LogP) is 4.37. The van der Waals surface area contributed by atoms with E-state index in [0.717, 1.165) is 62.9 Å². The minimum absolute atomic E-state index is 0.182. The van der Waals surface area contributed by atoms with Gasteiger partial charge in [0, 0.05) is 43.9 Å². The summed E-state index contributed by atoms with van der Waals surface area (Å²) in [6, 6.07) is 12.1. The van der Waals surface area contributed by atoms with Crippen molar-refractivity contribution in [1.82, 2.24) is 19.9 Å². The van der Waals surface area contributed by atoms with E-state index in [1.807, 2.05) is 53.4 Å². The lowest BCUT2D eigenvalue weighted by molar-refractivity contribution is 0.0951. The smallest absolute Gasteiger partial charge is 0.256 e. The molecule has 4 N–H and O–H groups in total. The number of anilines is 2. The molecule has 35 heavy (non-hydrogen) atoms. The van der Waals surface area contributed by atoms with E-state index in [9.17, 15) is 9.90 Å². The molecule has 8 heteroatoms. The number of amides is 1. The van der Waals surface area contributed by atoms with Crippen LogP contribution in [-0.2, 0) is 6.54 Å². The summed E-state index contributed by atoms with van der Waals surface area (Å²) >= 11 is 0. The summed E-state index contributed by atoms with van der Waals surface area (Å²) in [5.41, 5.74) is 2.53. The van der Waals surface area contributed by atoms with Gasteiger partial charge in [0.1, 0.15) is 11.4 Å². The van der Waals surface area contributed by atoms with E-state index in [-0.39, 0.29) is 12.0 Å². The largest absolute Gasteiger partial charge is 0.393 e. The minimum atomic E-state index is -0.207. The molecule has 2 heterocycles. The van der Waals surface area contributed by atoms with E-state index < -0.39 is 0 Å². The zero-order valence-electron chi connectivity index (χ0n) is 20.4. The van der Waals surface area contributed by atoms with Crippen LogP contribution in [0.15, 0.2) is 55.0 Å². The summed E-state index contributed by atoms with van der Waals surface area (Å²) in [5.74, 6) is 1.32. The number of aliphatic hydroxyl groups is 1. The molecule has 1 amide bonds. The number of aromatic nitrogens is 3. The topological polar surface area (TPSA) is 104 Å². The molecule has 8 nitrogen and oxygen atoms in total. The van der Waals surface area contributed by atoms with Crippen molar-refractivity contribution < 1.29 is 9.90 Å². The number of nitrogens with one attached hydrogen (secondary N) is 3. The highest BCUT2D eigenvalue weighted by Crippen LogP contribution is 2.25. The number of rotatable bonds is 11. The average molecular weight is 477 g/mol. The average Bonchev–Trinajstić information content (AvgIpc) is 3.43. The Balaban J connectivity index is 1.40. The lowest BCUT2D eigenvalue weighted by Crippen LogP contribution is -2.27. The van der Waals surface area contributed by atoms with Gasteiger partial charge in [-0.2, -0.15) is 4.98 Å². The van der Waals surface area contributed by atoms with Gasteiger partial charge in [-0.05, 0) is 67.9 Å². The fraction of sp³-hybridized carbons (Fsp3) is 0.444. The van der Waals surface area contributed by atoms with Crippen molar-refractivity contribution in [2.75, 3.05) is 23.7 Å². The summed E-state index contributed by atoms with van der Waals surface area (Å²) in [7, 11) is 0. The first kappa shape index (κ1) is 24.7. The highest BCUT2D eigenvalue weighted by Gasteiger charge is 2.21. The first-order valence-electron chi connectivity index (χ1n) is 12.7. The van der Waals surface area contributed by atoms with Gasteiger partial charge in [-0.3, -0.25) is 4.79 Å². The van der Waals surface area contributed by atoms with Crippen molar-refractivity contribution in [1.29, 1.82) is 0 Å². The monoisotopic (exact) mass is 476 g/mol. The van der Waals surface area contributed by atoms with Crippen LogP contribution in [0, 0.1) is 5.92 Å². The molecule has 3 aromatic rings. The number of hydrogen-bond donors (Lipinski definition) is 4. The van der Waals surface area contributed by atoms with Gasteiger partial charge in [-0.25, -0.2) is 4.98 Å². The highest BCUT2D eigenvalue weighted by atomic mass is 16.3. The molecule has 186 valence electrons. The number of carbonyl (C=O) groups is 1. The number of nitrogens with zero attached hydrogens (tertiary/aromatic N) is 3. The Morgan fingerprint density at radius 1 is 1.09 bits per heavy atom. The van der Waals surface area contributed by atoms with E-state index in [1.54, 1.807) is 6.20 Å². The molecule has 1 aromatic carbocycles. The molecular weight excluding hydrogens is 440 g/mol. The van der Waals surface area contributed by atoms with E-state index in [2.05, 4.69) is 32.8 Å². The molecule has 2 aromatic heterocycles. The Kier molecular flexibility index (Phi) is 8.73. The van der Waals surface area contributed by atoms with Crippen LogP contribution in [0.25, 0.3) is 5.69 Å². The molecule has 1 aliphatic carbocycles. The summed E-state index contributed by atoms with van der Waals surface area (Å²) in [4.78, 5) is 22.1. The lowest BCUT2D eigenvalue weighted by Gasteiger charge is -2.26. The molecule has 4 rings (SSSR count). The lowest BCUT2D eigenvalue weighted by atomic mass is 9.87. The zero-order chi connectivity index (χ0) is 24.5. The Bertz CT molecular complexity index is 1060. The highest BCUT2D eigenvalue weighted by molar-refractivity contribution is 5.98. The van der Waals surface area contributed by atoms with Crippen LogP contribution in [0.5, 0.6) is 0 Å². The van der Waals surface area contributed by atoms with Gasteiger partial charge in [0.15, 0.2) is 0 Å². The Labute approximate surface area is 207 Å². The molecule has 1 aliphatic rings. The maximum absolute atomic E-state index is 13.1. The Morgan fingerprint density at radius 2 is 1.83 bits per heavy atom. The maximum atomic E-state index is 13.1. The third-order valence-electron chi connectivity index (χ3n) is 6.51. The van der Waals surface area contributed by atoms with E-state index in [4.69, 9.17) is 0 Å². The summed E-state index contributed by atoms with van der Waals surface area (Å²) in [6.07, 6.45) is 11.1. The standard InChI is InChI=1S/C27H36N6O2/c1-2-3-14-28-27-31-19-24(25(32-27)29-17-21-8-12-23(34)13-9-21)26(35)30-18-20-6-10-22(11-7-20)33-15-4-5-16-33/h4-7,10-11,15-16,19,21,23,34H,2-3,8-9,12-14,17-18H2,1H3,(H,30,35)(H2,28,29,31,32). The second kappa shape index (κ2) is 12.4. The van der Waals surface area contributed by atoms with Crippen molar-refractivity contribution in [3.05, 3.63) is 66.1 Å². The van der Waals surface area contributed by atoms with Gasteiger partial charge in [0.2, 0.25) is 5.95 Å². The van der Waals surface area contributed by atoms with Crippen molar-refractivity contribution in [3.8, 4) is 5.69 Å². The Morgan fingerprint density at radius 3 is 2.54 bits per heavy atom. The van der Waals surface area contributed by atoms with Gasteiger partial charge >= 0.3 is 0 Å². The van der Waals surface area contributed by atoms with Gasteiger partial charge in [0.25, 0.3) is 5.91 Å². The third-order valence-corrected chi connectivity index (χ3v) is 6.51. The van der Waals surface area contributed by atoms with Gasteiger partial charge in [0.05, 0.1) is 6.10 Å². The molecule has 0 radical (unpaired) electrons. The van der Waals surface area contributed by atoms with Crippen LogP contribution in [0.2, 0.25) is 0 Å². The quantitative estimate of drug-likeness (QED) is 0.306. The number of aliphatic hydroxyl groups excluding tert-OH is 1. The second-order valence-corrected chi connectivity index (χ2v) is 9.23. The molecule has 0 bridgehead atoms. The first-order chi connectivity index (χ1) is 17.1. The molecule has 0 atom stereocenters. The fourth-order valence-corrected chi connectivity index (χ4v) is 4.31. The number of benzene rings is 1. The number of carbonyl (C=O) groups excluding carboxylic acids is 1. The van der Waals surface area contributed by atoms with Gasteiger partial charge < -0.3 is 25.6 Å². The maximum Gasteiger partial charge on any atom is 0.256 e. The van der Waals surface area contributed by atoms with Gasteiger partial charge in [-0.15, -0.1) is 0 Å². The van der Waals surface area contributed by atoms with Crippen LogP contribution >= 0.6 is 0 Å². The SMILES string of the molecule is CCCCNc1ncc(C(=O)NCc2ccc(-n3cccc3)cc2)c(NCC2CCC(O)CC2)n1. The van der Waals surface area contributed by atoms with Crippen LogP contribution in [0.1, 0.15) is 61.4 Å². The van der Waals surface area contributed by atoms with Crippen LogP contribution in [0.3, 0.4) is 0 Å². The minimum Gasteiger partial charge on any atom is -0.393 e. The third kappa shape index (κ3) is 7.05. The predicted molar refractivity (Wildman–Crippen MR) is 139 cm³/mol. The molecular formula is C27H36N6O2. The second-order valence-electron chi connectivity index (χ2n) is 9.23. The van der Waals surface area contributed by atoms with Crippen molar-refractivity contribution in [2.24, 2.45) is 5.92 Å². The molecule has 0 aliphatic heterocycles. The van der Waals surface area contributed by atoms with E-state index >= 15 is 0 Å². The normalized spacial score (nSPS) is 17.7. The molecule has 0 saturated heterocycles. The van der Waals surface area contributed by atoms with Gasteiger partial charge in [-0.1, -0.05) is 25.5 Å². The molecule has 0 unspecified atom stereocenters. The summed E-state index contributed by atoms with van der Waals surface area (Å²) in [5, 5.41) is 19.4. The van der Waals surface area contributed by atoms with Crippen molar-refractivity contribution in [2.45, 2.75) is 58.1 Å². The Hall–Kier alpha value is -3.39. The van der Waals surface area contributed by atoms with Crippen molar-refractivity contribution >= 4 is 17.7 Å². The number of unbranched alkanes of at least 4 members (excludes halogenated alkanes) is 1. The molecule has 1 saturated carbocycles. The molecule has 0 spiro atoms.